The molecule has 5 nitrogen and oxygen atoms in total. The zero-order valence-corrected chi connectivity index (χ0v) is 14.6. The van der Waals surface area contributed by atoms with Crippen LogP contribution in [0.4, 0.5) is 4.79 Å². The fourth-order valence-electron chi connectivity index (χ4n) is 3.83. The summed E-state index contributed by atoms with van der Waals surface area (Å²) in [4.78, 5) is 17.1. The highest BCUT2D eigenvalue weighted by molar-refractivity contribution is 5.74. The Hall–Kier alpha value is -2.30. The molecule has 0 spiro atoms. The molecule has 1 aromatic carbocycles. The van der Waals surface area contributed by atoms with Gasteiger partial charge in [-0.25, -0.2) is 9.78 Å². The lowest BCUT2D eigenvalue weighted by Gasteiger charge is -2.34. The topological polar surface area (TPSA) is 59.0 Å². The van der Waals surface area contributed by atoms with Gasteiger partial charge in [0.05, 0.1) is 18.3 Å². The molecular weight excluding hydrogens is 312 g/mol. The first-order valence-corrected chi connectivity index (χ1v) is 9.44. The third-order valence-electron chi connectivity index (χ3n) is 5.46. The number of nitrogens with zero attached hydrogens (tertiary/aromatic N) is 2. The molecule has 5 heteroatoms. The summed E-state index contributed by atoms with van der Waals surface area (Å²) in [6.45, 7) is 1.53. The molecule has 2 amide bonds. The Balaban J connectivity index is 1.36. The lowest BCUT2D eigenvalue weighted by atomic mass is 9.77. The number of hydrogen-bond acceptors (Lipinski definition) is 2. The van der Waals surface area contributed by atoms with E-state index in [1.165, 1.54) is 37.7 Å². The third kappa shape index (κ3) is 3.70. The van der Waals surface area contributed by atoms with Gasteiger partial charge in [-0.2, -0.15) is 0 Å². The van der Waals surface area contributed by atoms with E-state index in [1.54, 1.807) is 0 Å². The Morgan fingerprint density at radius 3 is 2.76 bits per heavy atom. The number of hydrogen-bond donors (Lipinski definition) is 2. The number of nitrogens with one attached hydrogen (secondary N) is 2. The molecule has 2 aliphatic rings. The molecule has 4 rings (SSSR count). The van der Waals surface area contributed by atoms with E-state index in [2.05, 4.69) is 38.5 Å². The number of aromatic nitrogens is 2. The van der Waals surface area contributed by atoms with Crippen LogP contribution < -0.4 is 10.6 Å². The van der Waals surface area contributed by atoms with Crippen molar-refractivity contribution in [1.82, 2.24) is 20.2 Å². The molecule has 0 saturated heterocycles. The molecular formula is C20H26N4O. The van der Waals surface area contributed by atoms with E-state index in [-0.39, 0.29) is 12.1 Å². The van der Waals surface area contributed by atoms with Crippen LogP contribution in [-0.2, 0) is 19.5 Å². The van der Waals surface area contributed by atoms with Gasteiger partial charge in [-0.3, -0.25) is 0 Å². The van der Waals surface area contributed by atoms with E-state index >= 15 is 0 Å². The second-order valence-electron chi connectivity index (χ2n) is 7.21. The molecule has 1 aliphatic heterocycles. The van der Waals surface area contributed by atoms with Crippen LogP contribution in [0.1, 0.15) is 55.2 Å². The minimum absolute atomic E-state index is 0.102. The average Bonchev–Trinajstić information content (AvgIpc) is 3.02. The number of benzene rings is 1. The Morgan fingerprint density at radius 2 is 2.04 bits per heavy atom. The second-order valence-corrected chi connectivity index (χ2v) is 7.21. The van der Waals surface area contributed by atoms with Gasteiger partial charge in [0.15, 0.2) is 0 Å². The lowest BCUT2D eigenvalue weighted by Crippen LogP contribution is -2.41. The van der Waals surface area contributed by atoms with Gasteiger partial charge in [-0.05, 0) is 37.2 Å². The molecule has 25 heavy (non-hydrogen) atoms. The van der Waals surface area contributed by atoms with Crippen molar-refractivity contribution in [2.75, 3.05) is 0 Å². The van der Waals surface area contributed by atoms with Crippen molar-refractivity contribution < 1.29 is 4.79 Å². The van der Waals surface area contributed by atoms with E-state index in [4.69, 9.17) is 0 Å². The molecule has 1 saturated carbocycles. The van der Waals surface area contributed by atoms with Crippen LogP contribution in [-0.4, -0.2) is 15.6 Å². The molecule has 1 fully saturated rings. The van der Waals surface area contributed by atoms with Crippen molar-refractivity contribution in [3.8, 4) is 0 Å². The smallest absolute Gasteiger partial charge is 0.315 e. The van der Waals surface area contributed by atoms with Crippen molar-refractivity contribution >= 4 is 6.03 Å². The molecule has 132 valence electrons. The standard InChI is InChI=1S/C20H26N4O/c25-20(21-13-17-14-24-12-5-4-11-18(24)22-17)23-19(16-9-6-10-16)15-7-2-1-3-8-15/h1-3,7-8,14,16,19H,4-6,9-13H2,(H2,21,23,25). The number of carbonyl (C=O) groups is 1. The van der Waals surface area contributed by atoms with Crippen LogP contribution in [0.15, 0.2) is 36.5 Å². The average molecular weight is 338 g/mol. The number of fused-ring (bicyclic) bond motifs is 1. The largest absolute Gasteiger partial charge is 0.335 e. The summed E-state index contributed by atoms with van der Waals surface area (Å²) >= 11 is 0. The van der Waals surface area contributed by atoms with E-state index in [0.29, 0.717) is 12.5 Å². The number of urea groups is 1. The Labute approximate surface area is 148 Å². The summed E-state index contributed by atoms with van der Waals surface area (Å²) < 4.78 is 2.22. The highest BCUT2D eigenvalue weighted by atomic mass is 16.2. The number of amides is 2. The van der Waals surface area contributed by atoms with Crippen LogP contribution >= 0.6 is 0 Å². The summed E-state index contributed by atoms with van der Waals surface area (Å²) in [6, 6.07) is 10.3. The number of aryl methyl sites for hydroxylation is 2. The van der Waals surface area contributed by atoms with Gasteiger partial charge < -0.3 is 15.2 Å². The van der Waals surface area contributed by atoms with Crippen LogP contribution in [0.25, 0.3) is 0 Å². The SMILES string of the molecule is O=C(NCc1cn2c(n1)CCCC2)NC(c1ccccc1)C1CCC1. The van der Waals surface area contributed by atoms with Gasteiger partial charge in [0, 0.05) is 19.2 Å². The first-order valence-electron chi connectivity index (χ1n) is 9.44. The van der Waals surface area contributed by atoms with E-state index in [1.807, 2.05) is 18.2 Å². The summed E-state index contributed by atoms with van der Waals surface area (Å²) in [5.41, 5.74) is 2.15. The predicted molar refractivity (Wildman–Crippen MR) is 97.1 cm³/mol. The quantitative estimate of drug-likeness (QED) is 0.876. The van der Waals surface area contributed by atoms with Crippen molar-refractivity contribution in [2.45, 2.75) is 57.7 Å². The molecule has 1 aliphatic carbocycles. The zero-order valence-electron chi connectivity index (χ0n) is 14.6. The zero-order chi connectivity index (χ0) is 17.1. The first-order chi connectivity index (χ1) is 12.3. The monoisotopic (exact) mass is 338 g/mol. The highest BCUT2D eigenvalue weighted by Gasteiger charge is 2.29. The van der Waals surface area contributed by atoms with E-state index < -0.39 is 0 Å². The summed E-state index contributed by atoms with van der Waals surface area (Å²) in [5.74, 6) is 1.70. The minimum atomic E-state index is -0.105. The van der Waals surface area contributed by atoms with E-state index in [9.17, 15) is 4.79 Å². The van der Waals surface area contributed by atoms with Crippen molar-refractivity contribution in [3.63, 3.8) is 0 Å². The molecule has 0 radical (unpaired) electrons. The third-order valence-corrected chi connectivity index (χ3v) is 5.46. The number of rotatable bonds is 5. The summed E-state index contributed by atoms with van der Waals surface area (Å²) in [6.07, 6.45) is 9.19. The van der Waals surface area contributed by atoms with Gasteiger partial charge in [-0.15, -0.1) is 0 Å². The molecule has 2 aromatic rings. The maximum atomic E-state index is 12.4. The Kier molecular flexibility index (Phi) is 4.72. The van der Waals surface area contributed by atoms with Crippen molar-refractivity contribution in [3.05, 3.63) is 53.6 Å². The van der Waals surface area contributed by atoms with E-state index in [0.717, 1.165) is 24.5 Å². The van der Waals surface area contributed by atoms with Gasteiger partial charge in [-0.1, -0.05) is 36.8 Å². The molecule has 1 atom stereocenters. The summed E-state index contributed by atoms with van der Waals surface area (Å²) in [7, 11) is 0. The molecule has 2 N–H and O–H groups in total. The second kappa shape index (κ2) is 7.30. The highest BCUT2D eigenvalue weighted by Crippen LogP contribution is 2.37. The van der Waals surface area contributed by atoms with Gasteiger partial charge in [0.1, 0.15) is 5.82 Å². The van der Waals surface area contributed by atoms with Gasteiger partial charge >= 0.3 is 6.03 Å². The molecule has 0 bridgehead atoms. The summed E-state index contributed by atoms with van der Waals surface area (Å²) in [5, 5.41) is 6.17. The lowest BCUT2D eigenvalue weighted by molar-refractivity contribution is 0.207. The minimum Gasteiger partial charge on any atom is -0.335 e. The fourth-order valence-corrected chi connectivity index (χ4v) is 3.83. The van der Waals surface area contributed by atoms with Crippen LogP contribution in [0.3, 0.4) is 0 Å². The molecule has 2 heterocycles. The fraction of sp³-hybridized carbons (Fsp3) is 0.500. The van der Waals surface area contributed by atoms with Crippen LogP contribution in [0, 0.1) is 5.92 Å². The Bertz CT molecular complexity index is 697. The van der Waals surface area contributed by atoms with Crippen molar-refractivity contribution in [1.29, 1.82) is 0 Å². The number of imidazole rings is 1. The maximum Gasteiger partial charge on any atom is 0.315 e. The first kappa shape index (κ1) is 16.2. The van der Waals surface area contributed by atoms with Gasteiger partial charge in [0.25, 0.3) is 0 Å². The Morgan fingerprint density at radius 1 is 1.20 bits per heavy atom. The normalized spacial score (nSPS) is 18.1. The molecule has 1 aromatic heterocycles. The predicted octanol–water partition coefficient (Wildman–Crippen LogP) is 3.56. The van der Waals surface area contributed by atoms with Crippen molar-refractivity contribution in [2.24, 2.45) is 5.92 Å². The molecule has 1 unspecified atom stereocenters. The number of carbonyl (C=O) groups excluding carboxylic acids is 1. The maximum absolute atomic E-state index is 12.4. The van der Waals surface area contributed by atoms with Crippen LogP contribution in [0.5, 0.6) is 0 Å². The van der Waals surface area contributed by atoms with Crippen LogP contribution in [0.2, 0.25) is 0 Å². The van der Waals surface area contributed by atoms with Gasteiger partial charge in [0.2, 0.25) is 0 Å².